The predicted octanol–water partition coefficient (Wildman–Crippen LogP) is -0.0123. The number of aromatic nitrogens is 2. The number of carbonyl (C=O) groups is 1. The lowest BCUT2D eigenvalue weighted by Gasteiger charge is -2.27. The van der Waals surface area contributed by atoms with Crippen LogP contribution in [0.3, 0.4) is 0 Å². The Morgan fingerprint density at radius 2 is 2.16 bits per heavy atom. The molecule has 7 nitrogen and oxygen atoms in total. The van der Waals surface area contributed by atoms with Crippen LogP contribution < -0.4 is 5.32 Å². The minimum absolute atomic E-state index is 0.146. The highest BCUT2D eigenvalue weighted by Gasteiger charge is 2.21. The van der Waals surface area contributed by atoms with Gasteiger partial charge in [-0.3, -0.25) is 0 Å². The first kappa shape index (κ1) is 15.3. The largest absolute Gasteiger partial charge is 0.464 e. The molecule has 1 aromatic rings. The maximum atomic E-state index is 11.2. The normalized spacial score (nSPS) is 14.0. The van der Waals surface area contributed by atoms with Crippen molar-refractivity contribution in [2.45, 2.75) is 12.5 Å². The molecule has 0 aliphatic carbocycles. The van der Waals surface area contributed by atoms with E-state index >= 15 is 0 Å². The molecule has 1 aromatic heterocycles. The van der Waals surface area contributed by atoms with Gasteiger partial charge in [-0.05, 0) is 33.2 Å². The van der Waals surface area contributed by atoms with Gasteiger partial charge in [0.15, 0.2) is 5.69 Å². The fourth-order valence-corrected chi connectivity index (χ4v) is 1.66. The molecule has 1 rings (SSSR count). The zero-order valence-corrected chi connectivity index (χ0v) is 11.7. The lowest BCUT2D eigenvalue weighted by Crippen LogP contribution is -2.43. The van der Waals surface area contributed by atoms with Gasteiger partial charge in [-0.2, -0.15) is 0 Å². The molecule has 0 amide bonds. The van der Waals surface area contributed by atoms with Gasteiger partial charge in [-0.1, -0.05) is 0 Å². The van der Waals surface area contributed by atoms with Crippen LogP contribution in [0.1, 0.15) is 17.4 Å². The summed E-state index contributed by atoms with van der Waals surface area (Å²) in [4.78, 5) is 13.1. The zero-order chi connectivity index (χ0) is 14.5. The van der Waals surface area contributed by atoms with E-state index in [-0.39, 0.29) is 5.69 Å². The summed E-state index contributed by atoms with van der Waals surface area (Å²) in [5.74, 6) is -0.0367. The Balaban J connectivity index is 2.57. The van der Waals surface area contributed by atoms with Gasteiger partial charge in [-0.25, -0.2) is 4.79 Å². The van der Waals surface area contributed by atoms with Crippen LogP contribution in [-0.2, 0) is 4.74 Å². The summed E-state index contributed by atoms with van der Waals surface area (Å²) in [7, 11) is 5.06. The van der Waals surface area contributed by atoms with Crippen LogP contribution in [0.15, 0.2) is 12.1 Å². The second-order valence-corrected chi connectivity index (χ2v) is 4.88. The first-order chi connectivity index (χ1) is 8.84. The highest BCUT2D eigenvalue weighted by Crippen LogP contribution is 2.08. The van der Waals surface area contributed by atoms with Gasteiger partial charge in [0.1, 0.15) is 5.82 Å². The SMILES string of the molecule is COC(=O)c1ccc(NCC(C)(O)CN(C)C)nn1. The van der Waals surface area contributed by atoms with E-state index < -0.39 is 11.6 Å². The highest BCUT2D eigenvalue weighted by atomic mass is 16.5. The molecule has 1 unspecified atom stereocenters. The highest BCUT2D eigenvalue weighted by molar-refractivity contribution is 5.86. The molecule has 0 aromatic carbocycles. The van der Waals surface area contributed by atoms with Crippen molar-refractivity contribution in [3.63, 3.8) is 0 Å². The summed E-state index contributed by atoms with van der Waals surface area (Å²) in [6.07, 6.45) is 0. The topological polar surface area (TPSA) is 87.6 Å². The third-order valence-corrected chi connectivity index (χ3v) is 2.37. The van der Waals surface area contributed by atoms with Crippen molar-refractivity contribution >= 4 is 11.8 Å². The Hall–Kier alpha value is -1.73. The van der Waals surface area contributed by atoms with Crippen LogP contribution >= 0.6 is 0 Å². The van der Waals surface area contributed by atoms with Crippen LogP contribution in [0.5, 0.6) is 0 Å². The lowest BCUT2D eigenvalue weighted by molar-refractivity contribution is 0.0458. The van der Waals surface area contributed by atoms with Crippen LogP contribution in [0.25, 0.3) is 0 Å². The van der Waals surface area contributed by atoms with Crippen molar-refractivity contribution in [3.05, 3.63) is 17.8 Å². The van der Waals surface area contributed by atoms with E-state index in [2.05, 4.69) is 20.3 Å². The second-order valence-electron chi connectivity index (χ2n) is 4.88. The number of hydrogen-bond acceptors (Lipinski definition) is 7. The van der Waals surface area contributed by atoms with Crippen molar-refractivity contribution in [1.82, 2.24) is 15.1 Å². The number of carbonyl (C=O) groups excluding carboxylic acids is 1. The van der Waals surface area contributed by atoms with Crippen molar-refractivity contribution in [2.75, 3.05) is 39.6 Å². The quantitative estimate of drug-likeness (QED) is 0.701. The minimum Gasteiger partial charge on any atom is -0.464 e. The monoisotopic (exact) mass is 268 g/mol. The Morgan fingerprint density at radius 1 is 1.47 bits per heavy atom. The third kappa shape index (κ3) is 5.19. The number of ether oxygens (including phenoxy) is 1. The van der Waals surface area contributed by atoms with Gasteiger partial charge >= 0.3 is 5.97 Å². The Bertz CT molecular complexity index is 417. The number of hydrogen-bond donors (Lipinski definition) is 2. The molecule has 1 heterocycles. The number of aliphatic hydroxyl groups is 1. The molecule has 0 saturated heterocycles. The number of likely N-dealkylation sites (N-methyl/N-ethyl adjacent to an activating group) is 1. The first-order valence-electron chi connectivity index (χ1n) is 5.87. The van der Waals surface area contributed by atoms with E-state index in [0.29, 0.717) is 18.9 Å². The molecule has 7 heteroatoms. The molecule has 2 N–H and O–H groups in total. The number of methoxy groups -OCH3 is 1. The summed E-state index contributed by atoms with van der Waals surface area (Å²) in [6.45, 7) is 2.58. The molecule has 0 fully saturated rings. The van der Waals surface area contributed by atoms with Gasteiger partial charge in [0.25, 0.3) is 0 Å². The maximum absolute atomic E-state index is 11.2. The number of anilines is 1. The fraction of sp³-hybridized carbons (Fsp3) is 0.583. The van der Waals surface area contributed by atoms with Crippen molar-refractivity contribution in [2.24, 2.45) is 0 Å². The van der Waals surface area contributed by atoms with Gasteiger partial charge in [0, 0.05) is 13.1 Å². The molecule has 0 bridgehead atoms. The molecular weight excluding hydrogens is 248 g/mol. The standard InChI is InChI=1S/C12H20N4O3/c1-12(18,8-16(2)3)7-13-10-6-5-9(14-15-10)11(17)19-4/h5-6,18H,7-8H2,1-4H3,(H,13,15). The molecule has 0 radical (unpaired) electrons. The fourth-order valence-electron chi connectivity index (χ4n) is 1.66. The lowest BCUT2D eigenvalue weighted by atomic mass is 10.1. The van der Waals surface area contributed by atoms with Gasteiger partial charge in [-0.15, -0.1) is 10.2 Å². The van der Waals surface area contributed by atoms with Crippen LogP contribution in [0.4, 0.5) is 5.82 Å². The summed E-state index contributed by atoms with van der Waals surface area (Å²) in [5.41, 5.74) is -0.736. The van der Waals surface area contributed by atoms with Crippen molar-refractivity contribution in [1.29, 1.82) is 0 Å². The van der Waals surface area contributed by atoms with E-state index in [1.165, 1.54) is 13.2 Å². The minimum atomic E-state index is -0.883. The second kappa shape index (κ2) is 6.44. The first-order valence-corrected chi connectivity index (χ1v) is 5.87. The van der Waals surface area contributed by atoms with E-state index in [9.17, 15) is 9.90 Å². The number of rotatable bonds is 6. The zero-order valence-electron chi connectivity index (χ0n) is 11.7. The maximum Gasteiger partial charge on any atom is 0.358 e. The average Bonchev–Trinajstić information content (AvgIpc) is 2.34. The Kier molecular flexibility index (Phi) is 5.20. The predicted molar refractivity (Wildman–Crippen MR) is 71.0 cm³/mol. The number of esters is 1. The Morgan fingerprint density at radius 3 is 2.63 bits per heavy atom. The van der Waals surface area contributed by atoms with E-state index in [1.54, 1.807) is 13.0 Å². The van der Waals surface area contributed by atoms with E-state index in [0.717, 1.165) is 0 Å². The average molecular weight is 268 g/mol. The smallest absolute Gasteiger partial charge is 0.358 e. The van der Waals surface area contributed by atoms with E-state index in [1.807, 2.05) is 19.0 Å². The van der Waals surface area contributed by atoms with Crippen molar-refractivity contribution in [3.8, 4) is 0 Å². The molecule has 0 saturated carbocycles. The summed E-state index contributed by atoms with van der Waals surface area (Å²) in [5, 5.41) is 20.6. The molecule has 0 spiro atoms. The Labute approximate surface area is 112 Å². The van der Waals surface area contributed by atoms with Crippen LogP contribution in [-0.4, -0.2) is 66.1 Å². The number of nitrogens with one attached hydrogen (secondary N) is 1. The van der Waals surface area contributed by atoms with Crippen molar-refractivity contribution < 1.29 is 14.6 Å². The molecular formula is C12H20N4O3. The number of nitrogens with zero attached hydrogens (tertiary/aromatic N) is 3. The third-order valence-electron chi connectivity index (χ3n) is 2.37. The van der Waals surface area contributed by atoms with Crippen LogP contribution in [0.2, 0.25) is 0 Å². The summed E-state index contributed by atoms with van der Waals surface area (Å²) >= 11 is 0. The molecule has 0 aliphatic rings. The van der Waals surface area contributed by atoms with Gasteiger partial charge in [0.05, 0.1) is 12.7 Å². The summed E-state index contributed by atoms with van der Waals surface area (Å²) < 4.78 is 4.53. The summed E-state index contributed by atoms with van der Waals surface area (Å²) in [6, 6.07) is 3.13. The van der Waals surface area contributed by atoms with Crippen LogP contribution in [0, 0.1) is 0 Å². The molecule has 106 valence electrons. The van der Waals surface area contributed by atoms with E-state index in [4.69, 9.17) is 0 Å². The van der Waals surface area contributed by atoms with Gasteiger partial charge in [0.2, 0.25) is 0 Å². The van der Waals surface area contributed by atoms with Gasteiger partial charge < -0.3 is 20.1 Å². The molecule has 0 aliphatic heterocycles. The molecule has 1 atom stereocenters. The molecule has 19 heavy (non-hydrogen) atoms.